The van der Waals surface area contributed by atoms with Gasteiger partial charge in [0.1, 0.15) is 29.5 Å². The molecule has 0 aromatic heterocycles. The predicted molar refractivity (Wildman–Crippen MR) is 124 cm³/mol. The molecule has 0 fully saturated rings. The number of benzene rings is 2. The highest BCUT2D eigenvalue weighted by molar-refractivity contribution is 6.03. The summed E-state index contributed by atoms with van der Waals surface area (Å²) in [6.45, 7) is 5.93. The molecule has 2 aliphatic rings. The molecule has 0 amide bonds. The van der Waals surface area contributed by atoms with Gasteiger partial charge in [-0.15, -0.1) is 0 Å². The van der Waals surface area contributed by atoms with Crippen LogP contribution in [0.25, 0.3) is 0 Å². The second-order valence-corrected chi connectivity index (χ2v) is 9.27. The van der Waals surface area contributed by atoms with Crippen LogP contribution >= 0.6 is 0 Å². The van der Waals surface area contributed by atoms with Crippen LogP contribution < -0.4 is 10.5 Å². The highest BCUT2D eigenvalue weighted by atomic mass is 19.1. The van der Waals surface area contributed by atoms with Crippen molar-refractivity contribution in [1.82, 2.24) is 0 Å². The monoisotopic (exact) mass is 465 g/mol. The number of Topliss-reactive ketones (excluding diaryl/α,β-unsaturated/α-hetero) is 1. The van der Waals surface area contributed by atoms with Crippen LogP contribution in [-0.4, -0.2) is 18.4 Å². The summed E-state index contributed by atoms with van der Waals surface area (Å²) in [5.41, 5.74) is 7.67. The van der Waals surface area contributed by atoms with Crippen molar-refractivity contribution in [1.29, 1.82) is 0 Å². The van der Waals surface area contributed by atoms with Gasteiger partial charge >= 0.3 is 5.97 Å². The fourth-order valence-electron chi connectivity index (χ4n) is 4.54. The number of nitrogens with two attached hydrogens (primary N) is 1. The number of ether oxygens (including phenoxy) is 3. The topological polar surface area (TPSA) is 87.9 Å². The molecule has 6 nitrogen and oxygen atoms in total. The first-order chi connectivity index (χ1) is 16.2. The second-order valence-electron chi connectivity index (χ2n) is 9.27. The first kappa shape index (κ1) is 23.5. The summed E-state index contributed by atoms with van der Waals surface area (Å²) in [6.07, 6.45) is 0.821. The summed E-state index contributed by atoms with van der Waals surface area (Å²) >= 11 is 0. The summed E-state index contributed by atoms with van der Waals surface area (Å²) < 4.78 is 30.8. The van der Waals surface area contributed by atoms with Crippen LogP contribution in [0.2, 0.25) is 0 Å². The molecule has 1 heterocycles. The molecular weight excluding hydrogens is 437 g/mol. The number of hydrogen-bond donors (Lipinski definition) is 1. The van der Waals surface area contributed by atoms with E-state index >= 15 is 0 Å². The van der Waals surface area contributed by atoms with Crippen molar-refractivity contribution in [2.24, 2.45) is 11.1 Å². The molecule has 1 aliphatic carbocycles. The number of carbonyl (C=O) groups is 2. The standard InChI is InChI=1S/C27H28FNO5/c1-4-32-26(31)24-22(23-19(30)13-27(2,3)14-21(23)34-25(24)29)18-10-5-6-11-20(18)33-15-16-8-7-9-17(28)12-16/h5-12,22H,4,13-15,29H2,1-3H3. The Hall–Kier alpha value is -3.61. The van der Waals surface area contributed by atoms with Crippen molar-refractivity contribution >= 4 is 11.8 Å². The second kappa shape index (κ2) is 9.33. The van der Waals surface area contributed by atoms with E-state index in [-0.39, 0.29) is 41.7 Å². The molecule has 2 aromatic rings. The van der Waals surface area contributed by atoms with Crippen molar-refractivity contribution in [2.75, 3.05) is 6.61 Å². The summed E-state index contributed by atoms with van der Waals surface area (Å²) in [4.78, 5) is 26.3. The van der Waals surface area contributed by atoms with Gasteiger partial charge in [-0.2, -0.15) is 0 Å². The zero-order chi connectivity index (χ0) is 24.5. The normalized spacial score (nSPS) is 19.4. The Morgan fingerprint density at radius 2 is 1.94 bits per heavy atom. The lowest BCUT2D eigenvalue weighted by atomic mass is 9.70. The van der Waals surface area contributed by atoms with Gasteiger partial charge in [0.15, 0.2) is 5.78 Å². The average Bonchev–Trinajstić information content (AvgIpc) is 2.76. The van der Waals surface area contributed by atoms with Gasteiger partial charge in [-0.25, -0.2) is 9.18 Å². The number of para-hydroxylation sites is 1. The zero-order valence-electron chi connectivity index (χ0n) is 19.5. The van der Waals surface area contributed by atoms with Gasteiger partial charge in [-0.3, -0.25) is 4.79 Å². The molecule has 0 saturated carbocycles. The highest BCUT2D eigenvalue weighted by Crippen LogP contribution is 2.49. The minimum atomic E-state index is -0.796. The van der Waals surface area contributed by atoms with E-state index in [1.807, 2.05) is 13.8 Å². The Kier molecular flexibility index (Phi) is 6.46. The molecular formula is C27H28FNO5. The SMILES string of the molecule is CCOC(=O)C1=C(N)OC2=C(C(=O)CC(C)(C)C2)C1c1ccccc1OCc1cccc(F)c1. The molecule has 0 spiro atoms. The molecule has 0 saturated heterocycles. The van der Waals surface area contributed by atoms with Crippen LogP contribution in [-0.2, 0) is 25.7 Å². The van der Waals surface area contributed by atoms with Gasteiger partial charge in [0, 0.05) is 24.0 Å². The van der Waals surface area contributed by atoms with Crippen LogP contribution in [0.15, 0.2) is 71.3 Å². The van der Waals surface area contributed by atoms with Crippen molar-refractivity contribution in [3.05, 3.63) is 88.3 Å². The van der Waals surface area contributed by atoms with E-state index in [9.17, 15) is 14.0 Å². The summed E-state index contributed by atoms with van der Waals surface area (Å²) in [7, 11) is 0. The number of allylic oxidation sites excluding steroid dienone is 2. The molecule has 1 atom stereocenters. The van der Waals surface area contributed by atoms with Gasteiger partial charge in [0.25, 0.3) is 0 Å². The fraction of sp³-hybridized carbons (Fsp3) is 0.333. The third-order valence-electron chi connectivity index (χ3n) is 5.96. The molecule has 34 heavy (non-hydrogen) atoms. The molecule has 7 heteroatoms. The molecule has 0 bridgehead atoms. The maximum Gasteiger partial charge on any atom is 0.340 e. The van der Waals surface area contributed by atoms with Crippen molar-refractivity contribution < 1.29 is 28.2 Å². The number of esters is 1. The maximum atomic E-state index is 13.6. The van der Waals surface area contributed by atoms with E-state index in [1.54, 1.807) is 43.3 Å². The Morgan fingerprint density at radius 3 is 2.68 bits per heavy atom. The highest BCUT2D eigenvalue weighted by Gasteiger charge is 2.45. The number of carbonyl (C=O) groups excluding carboxylic acids is 2. The lowest BCUT2D eigenvalue weighted by molar-refractivity contribution is -0.139. The molecule has 1 aliphatic heterocycles. The Labute approximate surface area is 198 Å². The van der Waals surface area contributed by atoms with Crippen LogP contribution in [0.5, 0.6) is 5.75 Å². The zero-order valence-corrected chi connectivity index (χ0v) is 19.5. The molecule has 4 rings (SSSR count). The summed E-state index contributed by atoms with van der Waals surface area (Å²) in [5, 5.41) is 0. The van der Waals surface area contributed by atoms with Gasteiger partial charge in [-0.05, 0) is 36.1 Å². The van der Waals surface area contributed by atoms with E-state index in [0.29, 0.717) is 41.1 Å². The lowest BCUT2D eigenvalue weighted by Gasteiger charge is -2.38. The Morgan fingerprint density at radius 1 is 1.18 bits per heavy atom. The maximum absolute atomic E-state index is 13.6. The van der Waals surface area contributed by atoms with Crippen LogP contribution in [0.1, 0.15) is 50.7 Å². The minimum Gasteiger partial charge on any atom is -0.489 e. The summed E-state index contributed by atoms with van der Waals surface area (Å²) in [6, 6.07) is 13.3. The third kappa shape index (κ3) is 4.69. The lowest BCUT2D eigenvalue weighted by Crippen LogP contribution is -2.35. The third-order valence-corrected chi connectivity index (χ3v) is 5.96. The van der Waals surface area contributed by atoms with Crippen molar-refractivity contribution in [3.8, 4) is 5.75 Å². The van der Waals surface area contributed by atoms with E-state index in [0.717, 1.165) is 0 Å². The number of hydrogen-bond acceptors (Lipinski definition) is 6. The number of ketones is 1. The van der Waals surface area contributed by atoms with Crippen LogP contribution in [0.3, 0.4) is 0 Å². The quantitative estimate of drug-likeness (QED) is 0.611. The molecule has 1 unspecified atom stereocenters. The van der Waals surface area contributed by atoms with Gasteiger partial charge in [0.05, 0.1) is 12.5 Å². The van der Waals surface area contributed by atoms with E-state index in [1.165, 1.54) is 12.1 Å². The first-order valence-electron chi connectivity index (χ1n) is 11.3. The van der Waals surface area contributed by atoms with Crippen LogP contribution in [0, 0.1) is 11.2 Å². The van der Waals surface area contributed by atoms with Gasteiger partial charge in [0.2, 0.25) is 5.88 Å². The smallest absolute Gasteiger partial charge is 0.340 e. The molecule has 0 radical (unpaired) electrons. The Balaban J connectivity index is 1.80. The minimum absolute atomic E-state index is 0.0763. The number of halogens is 1. The summed E-state index contributed by atoms with van der Waals surface area (Å²) in [5.74, 6) is -1.05. The van der Waals surface area contributed by atoms with Crippen molar-refractivity contribution in [2.45, 2.75) is 46.1 Å². The molecule has 2 aromatic carbocycles. The number of rotatable bonds is 6. The first-order valence-corrected chi connectivity index (χ1v) is 11.3. The van der Waals surface area contributed by atoms with E-state index in [4.69, 9.17) is 19.9 Å². The average molecular weight is 466 g/mol. The van der Waals surface area contributed by atoms with Crippen LogP contribution in [0.4, 0.5) is 4.39 Å². The van der Waals surface area contributed by atoms with Crippen molar-refractivity contribution in [3.63, 3.8) is 0 Å². The van der Waals surface area contributed by atoms with Gasteiger partial charge < -0.3 is 19.9 Å². The Bertz CT molecular complexity index is 1200. The van der Waals surface area contributed by atoms with E-state index in [2.05, 4.69) is 0 Å². The fourth-order valence-corrected chi connectivity index (χ4v) is 4.54. The predicted octanol–water partition coefficient (Wildman–Crippen LogP) is 4.90. The largest absolute Gasteiger partial charge is 0.489 e. The van der Waals surface area contributed by atoms with Gasteiger partial charge in [-0.1, -0.05) is 44.2 Å². The van der Waals surface area contributed by atoms with E-state index < -0.39 is 11.9 Å². The molecule has 2 N–H and O–H groups in total. The molecule has 178 valence electrons.